The van der Waals surface area contributed by atoms with Crippen molar-refractivity contribution in [3.63, 3.8) is 0 Å². The third-order valence-electron chi connectivity index (χ3n) is 5.15. The smallest absolute Gasteiger partial charge is 0.180 e. The van der Waals surface area contributed by atoms with E-state index in [0.717, 1.165) is 57.8 Å². The van der Waals surface area contributed by atoms with Crippen LogP contribution in [-0.4, -0.2) is 21.0 Å². The molecule has 4 rings (SSSR count). The summed E-state index contributed by atoms with van der Waals surface area (Å²) in [7, 11) is 0. The van der Waals surface area contributed by atoms with Crippen LogP contribution in [0.4, 0.5) is 0 Å². The zero-order valence-corrected chi connectivity index (χ0v) is 18.3. The van der Waals surface area contributed by atoms with Crippen LogP contribution in [0.3, 0.4) is 0 Å². The number of pyridine rings is 1. The quantitative estimate of drug-likeness (QED) is 0.324. The summed E-state index contributed by atoms with van der Waals surface area (Å²) in [4.78, 5) is 11.1. The van der Waals surface area contributed by atoms with Crippen molar-refractivity contribution in [2.24, 2.45) is 0 Å². The predicted molar refractivity (Wildman–Crippen MR) is 121 cm³/mol. The second-order valence-corrected chi connectivity index (χ2v) is 8.59. The maximum atomic E-state index is 6.08. The third-order valence-corrected chi connectivity index (χ3v) is 6.13. The lowest BCUT2D eigenvalue weighted by Gasteiger charge is -2.10. The van der Waals surface area contributed by atoms with Crippen molar-refractivity contribution in [1.82, 2.24) is 14.4 Å². The number of nitrogens with zero attached hydrogens (tertiary/aromatic N) is 3. The highest BCUT2D eigenvalue weighted by molar-refractivity contribution is 7.15. The van der Waals surface area contributed by atoms with Gasteiger partial charge in [0.2, 0.25) is 0 Å². The molecule has 0 radical (unpaired) electrons. The van der Waals surface area contributed by atoms with Gasteiger partial charge in [0.05, 0.1) is 18.0 Å². The Hall–Kier alpha value is -2.66. The highest BCUT2D eigenvalue weighted by atomic mass is 32.1. The number of rotatable bonds is 7. The van der Waals surface area contributed by atoms with Crippen molar-refractivity contribution in [2.75, 3.05) is 6.61 Å². The highest BCUT2D eigenvalue weighted by Gasteiger charge is 2.20. The Morgan fingerprint density at radius 2 is 1.76 bits per heavy atom. The molecule has 3 aromatic heterocycles. The van der Waals surface area contributed by atoms with Gasteiger partial charge in [0.25, 0.3) is 0 Å². The van der Waals surface area contributed by atoms with E-state index in [1.807, 2.05) is 12.1 Å². The molecule has 0 saturated carbocycles. The van der Waals surface area contributed by atoms with Gasteiger partial charge in [0.1, 0.15) is 10.7 Å². The number of benzene rings is 1. The van der Waals surface area contributed by atoms with E-state index in [2.05, 4.69) is 62.4 Å². The molecule has 0 amide bonds. The second kappa shape index (κ2) is 8.37. The van der Waals surface area contributed by atoms with Crippen molar-refractivity contribution in [3.05, 3.63) is 58.7 Å². The van der Waals surface area contributed by atoms with Crippen molar-refractivity contribution in [3.8, 4) is 27.7 Å². The third kappa shape index (κ3) is 3.79. The molecule has 4 aromatic rings. The first kappa shape index (κ1) is 19.6. The van der Waals surface area contributed by atoms with E-state index in [1.165, 1.54) is 17.7 Å². The maximum absolute atomic E-state index is 6.08. The van der Waals surface area contributed by atoms with Gasteiger partial charge in [-0.1, -0.05) is 50.1 Å². The van der Waals surface area contributed by atoms with E-state index < -0.39 is 0 Å². The monoisotopic (exact) mass is 405 g/mol. The molecule has 0 aliphatic rings. The lowest BCUT2D eigenvalue weighted by molar-refractivity contribution is 0.308. The van der Waals surface area contributed by atoms with Gasteiger partial charge in [-0.05, 0) is 39.3 Å². The van der Waals surface area contributed by atoms with Gasteiger partial charge >= 0.3 is 0 Å². The summed E-state index contributed by atoms with van der Waals surface area (Å²) in [5, 5.41) is 0.998. The average molecular weight is 406 g/mol. The van der Waals surface area contributed by atoms with Crippen molar-refractivity contribution >= 4 is 17.0 Å². The number of ether oxygens (including phenoxy) is 1. The maximum Gasteiger partial charge on any atom is 0.180 e. The predicted octanol–water partition coefficient (Wildman–Crippen LogP) is 6.62. The van der Waals surface area contributed by atoms with Crippen molar-refractivity contribution in [1.29, 1.82) is 0 Å². The summed E-state index contributed by atoms with van der Waals surface area (Å²) in [6, 6.07) is 14.5. The molecule has 0 aliphatic carbocycles. The molecule has 0 N–H and O–H groups in total. The Kier molecular flexibility index (Phi) is 5.67. The molecule has 0 fully saturated rings. The zero-order valence-electron chi connectivity index (χ0n) is 17.5. The van der Waals surface area contributed by atoms with Gasteiger partial charge < -0.3 is 4.74 Å². The van der Waals surface area contributed by atoms with Gasteiger partial charge in [0, 0.05) is 16.1 Å². The van der Waals surface area contributed by atoms with Crippen LogP contribution in [0.5, 0.6) is 5.75 Å². The van der Waals surface area contributed by atoms with Gasteiger partial charge in [-0.15, -0.1) is 11.3 Å². The largest absolute Gasteiger partial charge is 0.490 e. The first-order valence-corrected chi connectivity index (χ1v) is 11.1. The Balaban J connectivity index is 1.78. The first-order valence-electron chi connectivity index (χ1n) is 10.2. The van der Waals surface area contributed by atoms with E-state index in [4.69, 9.17) is 14.7 Å². The number of hydrogen-bond acceptors (Lipinski definition) is 4. The highest BCUT2D eigenvalue weighted by Crippen LogP contribution is 2.37. The van der Waals surface area contributed by atoms with E-state index in [0.29, 0.717) is 0 Å². The summed E-state index contributed by atoms with van der Waals surface area (Å²) in [5.41, 5.74) is 6.24. The lowest BCUT2D eigenvalue weighted by atomic mass is 10.1. The Bertz CT molecular complexity index is 1130. The molecule has 1 aromatic carbocycles. The van der Waals surface area contributed by atoms with Crippen LogP contribution >= 0.6 is 11.3 Å². The summed E-state index contributed by atoms with van der Waals surface area (Å²) < 4.78 is 8.27. The van der Waals surface area contributed by atoms with Crippen LogP contribution in [0, 0.1) is 20.8 Å². The standard InChI is InChI=1S/C24H27N3OS/c1-5-6-10-15-28-20-14-13-16(2)27-22(17(3)25-23(20)27)24-26-21(18(4)29-24)19-11-8-7-9-12-19/h7-9,11-14H,5-6,10,15H2,1-4H3. The molecular weight excluding hydrogens is 378 g/mol. The fourth-order valence-electron chi connectivity index (χ4n) is 3.64. The van der Waals surface area contributed by atoms with E-state index in [1.54, 1.807) is 11.3 Å². The van der Waals surface area contributed by atoms with E-state index in [-0.39, 0.29) is 0 Å². The number of fused-ring (bicyclic) bond motifs is 1. The average Bonchev–Trinajstić information content (AvgIpc) is 3.27. The molecule has 0 atom stereocenters. The molecule has 0 bridgehead atoms. The summed E-state index contributed by atoms with van der Waals surface area (Å²) >= 11 is 1.72. The molecule has 0 unspecified atom stereocenters. The van der Waals surface area contributed by atoms with Crippen molar-refractivity contribution in [2.45, 2.75) is 47.0 Å². The normalized spacial score (nSPS) is 11.3. The van der Waals surface area contributed by atoms with Crippen LogP contribution < -0.4 is 4.74 Å². The van der Waals surface area contributed by atoms with E-state index >= 15 is 0 Å². The second-order valence-electron chi connectivity index (χ2n) is 7.39. The first-order chi connectivity index (χ1) is 14.1. The van der Waals surface area contributed by atoms with Crippen LogP contribution in [0.25, 0.3) is 27.6 Å². The SMILES string of the molecule is CCCCCOc1ccc(C)n2c(-c3nc(-c4ccccc4)c(C)s3)c(C)nc12. The van der Waals surface area contributed by atoms with Crippen LogP contribution in [-0.2, 0) is 0 Å². The minimum atomic E-state index is 0.725. The number of aromatic nitrogens is 3. The summed E-state index contributed by atoms with van der Waals surface area (Å²) in [5.74, 6) is 0.845. The van der Waals surface area contributed by atoms with Crippen LogP contribution in [0.1, 0.15) is 42.5 Å². The molecule has 29 heavy (non-hydrogen) atoms. The molecule has 3 heterocycles. The van der Waals surface area contributed by atoms with Gasteiger partial charge in [0.15, 0.2) is 11.4 Å². The molecule has 0 saturated heterocycles. The number of aryl methyl sites for hydroxylation is 3. The van der Waals surface area contributed by atoms with Gasteiger partial charge in [-0.3, -0.25) is 4.40 Å². The molecule has 0 aliphatic heterocycles. The van der Waals surface area contributed by atoms with E-state index in [9.17, 15) is 0 Å². The fourth-order valence-corrected chi connectivity index (χ4v) is 4.67. The number of hydrogen-bond donors (Lipinski definition) is 0. The Labute approximate surface area is 176 Å². The Morgan fingerprint density at radius 3 is 2.52 bits per heavy atom. The van der Waals surface area contributed by atoms with Crippen molar-refractivity contribution < 1.29 is 4.74 Å². The fraction of sp³-hybridized carbons (Fsp3) is 0.333. The lowest BCUT2D eigenvalue weighted by Crippen LogP contribution is -2.01. The number of thiazole rings is 1. The summed E-state index contributed by atoms with van der Waals surface area (Å²) in [6.45, 7) is 9.23. The number of unbranched alkanes of at least 4 members (excludes halogenated alkanes) is 2. The molecule has 5 heteroatoms. The zero-order chi connectivity index (χ0) is 20.4. The molecule has 4 nitrogen and oxygen atoms in total. The topological polar surface area (TPSA) is 39.4 Å². The van der Waals surface area contributed by atoms with Crippen LogP contribution in [0.15, 0.2) is 42.5 Å². The minimum absolute atomic E-state index is 0.725. The van der Waals surface area contributed by atoms with Crippen LogP contribution in [0.2, 0.25) is 0 Å². The summed E-state index contributed by atoms with van der Waals surface area (Å²) in [6.07, 6.45) is 3.43. The molecule has 0 spiro atoms. The Morgan fingerprint density at radius 1 is 0.966 bits per heavy atom. The molecular formula is C24H27N3OS. The van der Waals surface area contributed by atoms with Gasteiger partial charge in [-0.2, -0.15) is 0 Å². The number of imidazole rings is 1. The minimum Gasteiger partial charge on any atom is -0.490 e. The van der Waals surface area contributed by atoms with Gasteiger partial charge in [-0.25, -0.2) is 9.97 Å². The molecule has 150 valence electrons.